The zero-order chi connectivity index (χ0) is 23.6. The number of nitrogens with one attached hydrogen (secondary N) is 2. The second kappa shape index (κ2) is 29.2. The van der Waals surface area contributed by atoms with E-state index < -0.39 is 0 Å². The summed E-state index contributed by atoms with van der Waals surface area (Å²) >= 11 is 17.0. The number of aliphatic hydroxyl groups is 6. The maximum atomic E-state index is 8.48. The number of nitrogens with zero attached hydrogens (tertiary/aromatic N) is 2. The van der Waals surface area contributed by atoms with Gasteiger partial charge in [-0.15, -0.1) is 25.3 Å². The van der Waals surface area contributed by atoms with Gasteiger partial charge in [0.05, 0.1) is 39.6 Å². The fourth-order valence-electron chi connectivity index (χ4n) is 1.86. The van der Waals surface area contributed by atoms with Crippen molar-refractivity contribution in [3.05, 3.63) is 0 Å². The van der Waals surface area contributed by atoms with E-state index in [1.54, 1.807) is 9.80 Å². The second-order valence-corrected chi connectivity index (χ2v) is 7.80. The van der Waals surface area contributed by atoms with Gasteiger partial charge in [0.25, 0.3) is 0 Å². The smallest absolute Gasteiger partial charge is 0.130 e. The summed E-state index contributed by atoms with van der Waals surface area (Å²) in [4.78, 5) is 3.58. The molecule has 30 heavy (non-hydrogen) atoms. The molecule has 0 unspecified atom stereocenters. The molecule has 0 atom stereocenters. The van der Waals surface area contributed by atoms with Crippen LogP contribution in [0.15, 0.2) is 0 Å². The zero-order valence-electron chi connectivity index (χ0n) is 17.2. The zero-order valence-corrected chi connectivity index (χ0v) is 20.6. The Morgan fingerprint density at radius 2 is 0.733 bits per heavy atom. The number of hydrogen-bond acceptors (Lipinski definition) is 10. The molecule has 0 bridgehead atoms. The molecule has 0 aliphatic heterocycles. The van der Waals surface area contributed by atoms with Crippen molar-refractivity contribution in [1.29, 1.82) is 0 Å². The summed E-state index contributed by atoms with van der Waals surface area (Å²) in [7, 11) is 0. The minimum Gasteiger partial charge on any atom is -0.395 e. The molecule has 0 aliphatic carbocycles. The summed E-state index contributed by atoms with van der Waals surface area (Å²) in [5.74, 6) is 0. The van der Waals surface area contributed by atoms with Gasteiger partial charge in [-0.1, -0.05) is 24.4 Å². The van der Waals surface area contributed by atoms with Crippen LogP contribution in [0.2, 0.25) is 0 Å². The molecule has 0 heterocycles. The van der Waals surface area contributed by atoms with E-state index in [1.807, 2.05) is 0 Å². The third-order valence-corrected chi connectivity index (χ3v) is 3.78. The van der Waals surface area contributed by atoms with Crippen molar-refractivity contribution in [1.82, 2.24) is 20.4 Å². The summed E-state index contributed by atoms with van der Waals surface area (Å²) in [6.45, 7) is 4.93. The highest BCUT2D eigenvalue weighted by atomic mass is 32.1. The Morgan fingerprint density at radius 1 is 0.533 bits per heavy atom. The highest BCUT2D eigenvalue weighted by Gasteiger charge is 2.01. The van der Waals surface area contributed by atoms with Gasteiger partial charge in [0.15, 0.2) is 0 Å². The minimum absolute atomic E-state index is 0.0694. The lowest BCUT2D eigenvalue weighted by atomic mass is 10.4. The third kappa shape index (κ3) is 32.8. The standard InChI is InChI=1S/2C6H15NO3.C4H8N2S4/c2*8-4-1-7(2-5-9)3-6-10;7-3(8)5-1-2-6-4(9)10/h2*8-10H,1-6H2;1-2H2,(H2,5,7,8)(H2,6,9,10). The van der Waals surface area contributed by atoms with Gasteiger partial charge in [0.1, 0.15) is 8.64 Å². The lowest BCUT2D eigenvalue weighted by Crippen LogP contribution is -2.32. The topological polar surface area (TPSA) is 152 Å². The van der Waals surface area contributed by atoms with Crippen LogP contribution in [0.4, 0.5) is 0 Å². The highest BCUT2D eigenvalue weighted by Crippen LogP contribution is 1.85. The van der Waals surface area contributed by atoms with Gasteiger partial charge in [-0.3, -0.25) is 9.80 Å². The first-order valence-electron chi connectivity index (χ1n) is 9.36. The van der Waals surface area contributed by atoms with Crippen molar-refractivity contribution in [2.45, 2.75) is 0 Å². The molecule has 0 saturated carbocycles. The molecule has 182 valence electrons. The fraction of sp³-hybridized carbons (Fsp3) is 0.875. The van der Waals surface area contributed by atoms with Gasteiger partial charge >= 0.3 is 0 Å². The van der Waals surface area contributed by atoms with E-state index in [1.165, 1.54) is 0 Å². The molecule has 0 aromatic heterocycles. The predicted octanol–water partition coefficient (Wildman–Crippen LogP) is -2.87. The predicted molar refractivity (Wildman–Crippen MR) is 135 cm³/mol. The van der Waals surface area contributed by atoms with E-state index >= 15 is 0 Å². The molecule has 0 aromatic carbocycles. The van der Waals surface area contributed by atoms with Crippen LogP contribution in [0.1, 0.15) is 0 Å². The van der Waals surface area contributed by atoms with Crippen LogP contribution in [0.25, 0.3) is 0 Å². The molecule has 14 heteroatoms. The minimum atomic E-state index is 0.0694. The van der Waals surface area contributed by atoms with Crippen LogP contribution in [-0.2, 0) is 0 Å². The SMILES string of the molecule is OCCN(CCO)CCO.OCCN(CCO)CCO.S=C(S)NCCNC(=S)S. The first-order chi connectivity index (χ1) is 14.3. The maximum absolute atomic E-state index is 8.48. The molecule has 0 fully saturated rings. The lowest BCUT2D eigenvalue weighted by Gasteiger charge is -2.17. The Morgan fingerprint density at radius 3 is 0.867 bits per heavy atom. The Labute approximate surface area is 201 Å². The van der Waals surface area contributed by atoms with Crippen molar-refractivity contribution >= 4 is 58.3 Å². The van der Waals surface area contributed by atoms with E-state index in [4.69, 9.17) is 30.6 Å². The molecule has 0 rings (SSSR count). The molecule has 0 amide bonds. The maximum Gasteiger partial charge on any atom is 0.130 e. The summed E-state index contributed by atoms with van der Waals surface area (Å²) in [5, 5.41) is 56.6. The second-order valence-electron chi connectivity index (χ2n) is 5.49. The Bertz CT molecular complexity index is 327. The van der Waals surface area contributed by atoms with Crippen LogP contribution in [-0.4, -0.2) is 141 Å². The summed E-state index contributed by atoms with van der Waals surface area (Å²) in [6.07, 6.45) is 0. The summed E-state index contributed by atoms with van der Waals surface area (Å²) in [6, 6.07) is 0. The van der Waals surface area contributed by atoms with Gasteiger partial charge in [0.2, 0.25) is 0 Å². The van der Waals surface area contributed by atoms with Crippen LogP contribution in [0.5, 0.6) is 0 Å². The molecule has 0 saturated heterocycles. The lowest BCUT2D eigenvalue weighted by molar-refractivity contribution is 0.136. The van der Waals surface area contributed by atoms with Crippen LogP contribution in [0.3, 0.4) is 0 Å². The van der Waals surface area contributed by atoms with Gasteiger partial charge in [-0.05, 0) is 0 Å². The first-order valence-corrected chi connectivity index (χ1v) is 11.1. The van der Waals surface area contributed by atoms with Gasteiger partial charge in [-0.2, -0.15) is 0 Å². The summed E-state index contributed by atoms with van der Waals surface area (Å²) < 4.78 is 0.985. The average Bonchev–Trinajstić information content (AvgIpc) is 2.67. The third-order valence-electron chi connectivity index (χ3n) is 3.17. The summed E-state index contributed by atoms with van der Waals surface area (Å²) in [5.41, 5.74) is 0. The molecule has 0 aliphatic rings. The Kier molecular flexibility index (Phi) is 33.8. The van der Waals surface area contributed by atoms with E-state index in [0.717, 1.165) is 0 Å². The van der Waals surface area contributed by atoms with Crippen LogP contribution < -0.4 is 10.6 Å². The quantitative estimate of drug-likeness (QED) is 0.0626. The normalized spacial score (nSPS) is 10.1. The number of hydrogen-bond donors (Lipinski definition) is 10. The Balaban J connectivity index is -0.000000364. The van der Waals surface area contributed by atoms with E-state index in [-0.39, 0.29) is 39.6 Å². The number of thiol groups is 2. The van der Waals surface area contributed by atoms with Crippen molar-refractivity contribution in [2.75, 3.05) is 92.0 Å². The number of aliphatic hydroxyl groups excluding tert-OH is 6. The molecule has 10 nitrogen and oxygen atoms in total. The van der Waals surface area contributed by atoms with Crippen LogP contribution >= 0.6 is 49.7 Å². The first kappa shape index (κ1) is 34.8. The van der Waals surface area contributed by atoms with Crippen molar-refractivity contribution in [3.8, 4) is 0 Å². The van der Waals surface area contributed by atoms with Gasteiger partial charge in [-0.25, -0.2) is 0 Å². The van der Waals surface area contributed by atoms with Crippen molar-refractivity contribution < 1.29 is 30.6 Å². The monoisotopic (exact) mass is 510 g/mol. The number of thiocarbonyl (C=S) groups is 2. The largest absolute Gasteiger partial charge is 0.395 e. The van der Waals surface area contributed by atoms with Gasteiger partial charge in [0, 0.05) is 52.4 Å². The fourth-order valence-corrected chi connectivity index (χ4v) is 2.29. The van der Waals surface area contributed by atoms with Crippen molar-refractivity contribution in [2.24, 2.45) is 0 Å². The molecule has 0 spiro atoms. The molecule has 8 N–H and O–H groups in total. The van der Waals surface area contributed by atoms with Crippen LogP contribution in [0, 0.1) is 0 Å². The Hall–Kier alpha value is 0.160. The molecular weight excluding hydrogens is 472 g/mol. The molecule has 0 aromatic rings. The van der Waals surface area contributed by atoms with E-state index in [0.29, 0.717) is 61.0 Å². The molecule has 0 radical (unpaired) electrons. The van der Waals surface area contributed by atoms with E-state index in [9.17, 15) is 0 Å². The van der Waals surface area contributed by atoms with E-state index in [2.05, 4.69) is 60.3 Å². The average molecular weight is 511 g/mol. The highest BCUT2D eigenvalue weighted by molar-refractivity contribution is 8.11. The number of rotatable bonds is 15. The van der Waals surface area contributed by atoms with Gasteiger partial charge < -0.3 is 41.3 Å². The molecular formula is C16H38N4O6S4. The van der Waals surface area contributed by atoms with Crippen molar-refractivity contribution in [3.63, 3.8) is 0 Å².